The first-order valence-electron chi connectivity index (χ1n) is 5.47. The van der Waals surface area contributed by atoms with Crippen LogP contribution >= 0.6 is 11.6 Å². The fraction of sp³-hybridized carbons (Fsp3) is 0.308. The highest BCUT2D eigenvalue weighted by atomic mass is 35.5. The Kier molecular flexibility index (Phi) is 3.48. The second kappa shape index (κ2) is 4.88. The summed E-state index contributed by atoms with van der Waals surface area (Å²) in [6, 6.07) is 4.79. The quantitative estimate of drug-likeness (QED) is 0.762. The minimum atomic E-state index is -0.219. The Balaban J connectivity index is 2.22. The first kappa shape index (κ1) is 12.1. The van der Waals surface area contributed by atoms with E-state index in [2.05, 4.69) is 5.10 Å². The maximum absolute atomic E-state index is 13.1. The average molecular weight is 253 g/mol. The van der Waals surface area contributed by atoms with Crippen LogP contribution in [0.1, 0.15) is 29.0 Å². The molecule has 0 fully saturated rings. The van der Waals surface area contributed by atoms with Gasteiger partial charge in [0.25, 0.3) is 0 Å². The van der Waals surface area contributed by atoms with E-state index in [1.807, 2.05) is 20.0 Å². The fourth-order valence-corrected chi connectivity index (χ4v) is 1.77. The second-order valence-electron chi connectivity index (χ2n) is 4.16. The number of alkyl halides is 1. The molecule has 0 aliphatic carbocycles. The van der Waals surface area contributed by atoms with Crippen molar-refractivity contribution in [3.63, 3.8) is 0 Å². The van der Waals surface area contributed by atoms with Crippen LogP contribution in [0, 0.1) is 12.7 Å². The molecule has 4 heteroatoms. The molecular formula is C13H14ClFN2. The molecule has 0 N–H and O–H groups in total. The maximum atomic E-state index is 13.1. The van der Waals surface area contributed by atoms with Crippen molar-refractivity contribution in [3.8, 4) is 0 Å². The third-order valence-electron chi connectivity index (χ3n) is 2.76. The summed E-state index contributed by atoms with van der Waals surface area (Å²) in [6.45, 7) is 4.42. The predicted octanol–water partition coefficient (Wildman–Crippen LogP) is 3.68. The van der Waals surface area contributed by atoms with Gasteiger partial charge < -0.3 is 0 Å². The zero-order valence-electron chi connectivity index (χ0n) is 9.82. The number of hydrogen-bond acceptors (Lipinski definition) is 1. The molecule has 0 saturated heterocycles. The zero-order valence-corrected chi connectivity index (χ0v) is 10.6. The number of hydrogen-bond donors (Lipinski definition) is 0. The summed E-state index contributed by atoms with van der Waals surface area (Å²) < 4.78 is 14.9. The van der Waals surface area contributed by atoms with Crippen LogP contribution in [0.2, 0.25) is 0 Å². The minimum Gasteiger partial charge on any atom is -0.268 e. The van der Waals surface area contributed by atoms with Gasteiger partial charge in [0.05, 0.1) is 18.1 Å². The number of aromatic nitrogens is 2. The van der Waals surface area contributed by atoms with E-state index in [0.717, 1.165) is 16.7 Å². The summed E-state index contributed by atoms with van der Waals surface area (Å²) in [5.41, 5.74) is 2.96. The standard InChI is InChI=1S/C13H14ClFN2/c1-9-3-4-13(15)5-11(9)7-17-8-12(6-16-17)10(2)14/h3-6,8,10H,7H2,1-2H3. The van der Waals surface area contributed by atoms with Crippen molar-refractivity contribution in [1.29, 1.82) is 0 Å². The molecule has 1 unspecified atom stereocenters. The largest absolute Gasteiger partial charge is 0.268 e. The van der Waals surface area contributed by atoms with Gasteiger partial charge in [0.1, 0.15) is 5.82 Å². The van der Waals surface area contributed by atoms with Crippen molar-refractivity contribution in [1.82, 2.24) is 9.78 Å². The molecule has 2 nitrogen and oxygen atoms in total. The Morgan fingerprint density at radius 3 is 2.88 bits per heavy atom. The lowest BCUT2D eigenvalue weighted by molar-refractivity contribution is 0.618. The van der Waals surface area contributed by atoms with Crippen molar-refractivity contribution < 1.29 is 4.39 Å². The Morgan fingerprint density at radius 2 is 2.24 bits per heavy atom. The summed E-state index contributed by atoms with van der Waals surface area (Å²) in [6.07, 6.45) is 3.63. The first-order chi connectivity index (χ1) is 8.06. The van der Waals surface area contributed by atoms with Crippen LogP contribution < -0.4 is 0 Å². The van der Waals surface area contributed by atoms with Crippen molar-refractivity contribution >= 4 is 11.6 Å². The number of halogens is 2. The molecule has 1 aromatic heterocycles. The number of benzene rings is 1. The Hall–Kier alpha value is -1.35. The van der Waals surface area contributed by atoms with E-state index in [1.165, 1.54) is 6.07 Å². The highest BCUT2D eigenvalue weighted by molar-refractivity contribution is 6.20. The molecule has 1 aromatic carbocycles. The summed E-state index contributed by atoms with van der Waals surface area (Å²) in [4.78, 5) is 0. The summed E-state index contributed by atoms with van der Waals surface area (Å²) in [5, 5.41) is 4.16. The normalized spacial score (nSPS) is 12.7. The SMILES string of the molecule is Cc1ccc(F)cc1Cn1cc(C(C)Cl)cn1. The van der Waals surface area contributed by atoms with Crippen molar-refractivity contribution in [2.24, 2.45) is 0 Å². The van der Waals surface area contributed by atoms with Crippen LogP contribution in [0.4, 0.5) is 4.39 Å². The smallest absolute Gasteiger partial charge is 0.123 e. The molecule has 17 heavy (non-hydrogen) atoms. The molecule has 0 aliphatic heterocycles. The molecule has 1 atom stereocenters. The van der Waals surface area contributed by atoms with Gasteiger partial charge in [-0.15, -0.1) is 11.6 Å². The van der Waals surface area contributed by atoms with E-state index >= 15 is 0 Å². The van der Waals surface area contributed by atoms with Crippen LogP contribution in [-0.2, 0) is 6.54 Å². The predicted molar refractivity (Wildman–Crippen MR) is 66.7 cm³/mol. The van der Waals surface area contributed by atoms with Crippen LogP contribution in [0.3, 0.4) is 0 Å². The summed E-state index contributed by atoms with van der Waals surface area (Å²) >= 11 is 5.96. The number of nitrogens with zero attached hydrogens (tertiary/aromatic N) is 2. The third kappa shape index (κ3) is 2.86. The highest BCUT2D eigenvalue weighted by Crippen LogP contribution is 2.19. The van der Waals surface area contributed by atoms with Gasteiger partial charge in [0.2, 0.25) is 0 Å². The van der Waals surface area contributed by atoms with Gasteiger partial charge in [0, 0.05) is 11.8 Å². The Labute approximate surface area is 105 Å². The Bertz CT molecular complexity index is 520. The van der Waals surface area contributed by atoms with Crippen molar-refractivity contribution in [3.05, 3.63) is 53.1 Å². The van der Waals surface area contributed by atoms with Crippen LogP contribution in [0.15, 0.2) is 30.6 Å². The van der Waals surface area contributed by atoms with Gasteiger partial charge in [-0.05, 0) is 37.1 Å². The van der Waals surface area contributed by atoms with E-state index < -0.39 is 0 Å². The van der Waals surface area contributed by atoms with Crippen LogP contribution in [0.5, 0.6) is 0 Å². The molecule has 0 spiro atoms. The molecule has 2 rings (SSSR count). The molecule has 0 radical (unpaired) electrons. The van der Waals surface area contributed by atoms with Crippen LogP contribution in [0.25, 0.3) is 0 Å². The lowest BCUT2D eigenvalue weighted by atomic mass is 10.1. The number of rotatable bonds is 3. The lowest BCUT2D eigenvalue weighted by Crippen LogP contribution is -2.02. The molecular weight excluding hydrogens is 239 g/mol. The van der Waals surface area contributed by atoms with Gasteiger partial charge >= 0.3 is 0 Å². The molecule has 0 bridgehead atoms. The van der Waals surface area contributed by atoms with Crippen molar-refractivity contribution in [2.75, 3.05) is 0 Å². The van der Waals surface area contributed by atoms with Gasteiger partial charge in [0.15, 0.2) is 0 Å². The van der Waals surface area contributed by atoms with Gasteiger partial charge in [-0.3, -0.25) is 4.68 Å². The second-order valence-corrected chi connectivity index (χ2v) is 4.81. The highest BCUT2D eigenvalue weighted by Gasteiger charge is 2.06. The van der Waals surface area contributed by atoms with Gasteiger partial charge in [-0.1, -0.05) is 6.07 Å². The topological polar surface area (TPSA) is 17.8 Å². The van der Waals surface area contributed by atoms with E-state index in [-0.39, 0.29) is 11.2 Å². The fourth-order valence-electron chi connectivity index (χ4n) is 1.66. The molecule has 1 heterocycles. The van der Waals surface area contributed by atoms with E-state index in [9.17, 15) is 4.39 Å². The third-order valence-corrected chi connectivity index (χ3v) is 3.01. The lowest BCUT2D eigenvalue weighted by Gasteiger charge is -2.06. The van der Waals surface area contributed by atoms with Crippen molar-refractivity contribution in [2.45, 2.75) is 25.8 Å². The monoisotopic (exact) mass is 252 g/mol. The molecule has 2 aromatic rings. The maximum Gasteiger partial charge on any atom is 0.123 e. The molecule has 90 valence electrons. The van der Waals surface area contributed by atoms with Gasteiger partial charge in [-0.2, -0.15) is 5.10 Å². The minimum absolute atomic E-state index is 0.0580. The number of aryl methyl sites for hydroxylation is 1. The Morgan fingerprint density at radius 1 is 1.47 bits per heavy atom. The summed E-state index contributed by atoms with van der Waals surface area (Å²) in [7, 11) is 0. The van der Waals surface area contributed by atoms with Gasteiger partial charge in [-0.25, -0.2) is 4.39 Å². The zero-order chi connectivity index (χ0) is 12.4. The van der Waals surface area contributed by atoms with E-state index in [1.54, 1.807) is 23.0 Å². The molecule has 0 aliphatic rings. The van der Waals surface area contributed by atoms with E-state index in [0.29, 0.717) is 6.54 Å². The molecule has 0 saturated carbocycles. The van der Waals surface area contributed by atoms with Crippen LogP contribution in [-0.4, -0.2) is 9.78 Å². The first-order valence-corrected chi connectivity index (χ1v) is 5.91. The molecule has 0 amide bonds. The van der Waals surface area contributed by atoms with E-state index in [4.69, 9.17) is 11.6 Å². The average Bonchev–Trinajstić information content (AvgIpc) is 2.72. The summed E-state index contributed by atoms with van der Waals surface area (Å²) in [5.74, 6) is -0.219.